The molecule has 0 radical (unpaired) electrons. The number of amides is 1. The van der Waals surface area contributed by atoms with Crippen molar-refractivity contribution in [3.8, 4) is 0 Å². The largest absolute Gasteiger partial charge is 0.396 e. The first-order valence-corrected chi connectivity index (χ1v) is 7.51. The van der Waals surface area contributed by atoms with E-state index in [0.29, 0.717) is 13.0 Å². The maximum Gasteiger partial charge on any atom is 0.227 e. The van der Waals surface area contributed by atoms with E-state index < -0.39 is 0 Å². The predicted molar refractivity (Wildman–Crippen MR) is 81.9 cm³/mol. The third kappa shape index (κ3) is 3.35. The van der Waals surface area contributed by atoms with E-state index in [9.17, 15) is 9.90 Å². The van der Waals surface area contributed by atoms with Crippen molar-refractivity contribution in [2.24, 2.45) is 5.41 Å². The Labute approximate surface area is 126 Å². The van der Waals surface area contributed by atoms with Gasteiger partial charge in [0.1, 0.15) is 0 Å². The van der Waals surface area contributed by atoms with Gasteiger partial charge in [-0.2, -0.15) is 5.10 Å². The summed E-state index contributed by atoms with van der Waals surface area (Å²) in [7, 11) is 0. The van der Waals surface area contributed by atoms with Gasteiger partial charge < -0.3 is 10.0 Å². The van der Waals surface area contributed by atoms with Gasteiger partial charge in [-0.25, -0.2) is 0 Å². The molecule has 116 valence electrons. The monoisotopic (exact) mass is 291 g/mol. The minimum atomic E-state index is -0.212. The van der Waals surface area contributed by atoms with E-state index in [1.54, 1.807) is 0 Å². The van der Waals surface area contributed by atoms with Crippen LogP contribution < -0.4 is 0 Å². The van der Waals surface area contributed by atoms with E-state index in [0.717, 1.165) is 42.8 Å². The maximum absolute atomic E-state index is 12.6. The summed E-state index contributed by atoms with van der Waals surface area (Å²) in [6.07, 6.45) is 4.85. The summed E-state index contributed by atoms with van der Waals surface area (Å²) >= 11 is 0. The first kappa shape index (κ1) is 15.8. The van der Waals surface area contributed by atoms with Crippen molar-refractivity contribution in [3.63, 3.8) is 0 Å². The summed E-state index contributed by atoms with van der Waals surface area (Å²) in [6.45, 7) is 9.12. The Balaban J connectivity index is 2.07. The van der Waals surface area contributed by atoms with Gasteiger partial charge in [-0.05, 0) is 33.1 Å². The fourth-order valence-electron chi connectivity index (χ4n) is 3.18. The standard InChI is InChI=1S/C16H25N3O2/c1-4-6-16(11-20)7-5-8-19(10-16)15(21)9-14-12(2)17-18-13(14)3/h4,20H,1,5-11H2,2-3H3,(H,17,18). The molecule has 1 aliphatic heterocycles. The summed E-state index contributed by atoms with van der Waals surface area (Å²) in [6, 6.07) is 0. The highest BCUT2D eigenvalue weighted by Gasteiger charge is 2.35. The molecule has 1 aliphatic rings. The van der Waals surface area contributed by atoms with Crippen molar-refractivity contribution in [1.29, 1.82) is 0 Å². The molecule has 1 atom stereocenters. The van der Waals surface area contributed by atoms with Crippen LogP contribution in [0.25, 0.3) is 0 Å². The third-order valence-electron chi connectivity index (χ3n) is 4.54. The van der Waals surface area contributed by atoms with Gasteiger partial charge in [0, 0.05) is 29.8 Å². The van der Waals surface area contributed by atoms with Gasteiger partial charge in [0.05, 0.1) is 18.7 Å². The number of nitrogens with zero attached hydrogens (tertiary/aromatic N) is 2. The molecule has 5 nitrogen and oxygen atoms in total. The van der Waals surface area contributed by atoms with Crippen LogP contribution in [0.5, 0.6) is 0 Å². The number of carbonyl (C=O) groups is 1. The first-order valence-electron chi connectivity index (χ1n) is 7.51. The van der Waals surface area contributed by atoms with Gasteiger partial charge in [0.15, 0.2) is 0 Å². The summed E-state index contributed by atoms with van der Waals surface area (Å²) in [5, 5.41) is 16.8. The number of nitrogens with one attached hydrogen (secondary N) is 1. The van der Waals surface area contributed by atoms with Crippen LogP contribution in [0.3, 0.4) is 0 Å². The van der Waals surface area contributed by atoms with Crippen LogP contribution in [-0.2, 0) is 11.2 Å². The number of likely N-dealkylation sites (tertiary alicyclic amines) is 1. The van der Waals surface area contributed by atoms with Crippen LogP contribution in [0.15, 0.2) is 12.7 Å². The van der Waals surface area contributed by atoms with Gasteiger partial charge in [-0.15, -0.1) is 6.58 Å². The molecular weight excluding hydrogens is 266 g/mol. The second kappa shape index (κ2) is 6.43. The molecule has 5 heteroatoms. The van der Waals surface area contributed by atoms with E-state index >= 15 is 0 Å². The molecule has 1 aromatic rings. The maximum atomic E-state index is 12.6. The Bertz CT molecular complexity index is 504. The van der Waals surface area contributed by atoms with E-state index in [1.165, 1.54) is 0 Å². The van der Waals surface area contributed by atoms with Gasteiger partial charge >= 0.3 is 0 Å². The summed E-state index contributed by atoms with van der Waals surface area (Å²) < 4.78 is 0. The number of aliphatic hydroxyl groups excluding tert-OH is 1. The first-order chi connectivity index (χ1) is 10.0. The lowest BCUT2D eigenvalue weighted by atomic mass is 9.77. The second-order valence-corrected chi connectivity index (χ2v) is 6.16. The van der Waals surface area contributed by atoms with Crippen LogP contribution in [0, 0.1) is 19.3 Å². The number of hydrogen-bond donors (Lipinski definition) is 2. The SMILES string of the molecule is C=CCC1(CO)CCCN(C(=O)Cc2c(C)n[nH]c2C)C1. The molecule has 0 spiro atoms. The zero-order valence-corrected chi connectivity index (χ0v) is 13.0. The molecule has 1 saturated heterocycles. The van der Waals surface area contributed by atoms with Crippen molar-refractivity contribution in [1.82, 2.24) is 15.1 Å². The normalized spacial score (nSPS) is 22.3. The number of piperidine rings is 1. The summed E-state index contributed by atoms with van der Waals surface area (Å²) in [5.41, 5.74) is 2.62. The minimum Gasteiger partial charge on any atom is -0.396 e. The fraction of sp³-hybridized carbons (Fsp3) is 0.625. The van der Waals surface area contributed by atoms with Crippen molar-refractivity contribution < 1.29 is 9.90 Å². The predicted octanol–water partition coefficient (Wildman–Crippen LogP) is 1.75. The number of allylic oxidation sites excluding steroid dienone is 1. The van der Waals surface area contributed by atoms with Crippen molar-refractivity contribution in [3.05, 3.63) is 29.6 Å². The Kier molecular flexibility index (Phi) is 4.83. The molecule has 2 heterocycles. The number of aromatic amines is 1. The quantitative estimate of drug-likeness (QED) is 0.812. The van der Waals surface area contributed by atoms with Crippen LogP contribution in [0.4, 0.5) is 0 Å². The average molecular weight is 291 g/mol. The number of H-pyrrole nitrogens is 1. The highest BCUT2D eigenvalue weighted by atomic mass is 16.3. The van der Waals surface area contributed by atoms with Gasteiger partial charge in [0.2, 0.25) is 5.91 Å². The van der Waals surface area contributed by atoms with Gasteiger partial charge in [0.25, 0.3) is 0 Å². The molecule has 0 saturated carbocycles. The lowest BCUT2D eigenvalue weighted by Crippen LogP contribution is -2.48. The molecule has 1 unspecified atom stereocenters. The fourth-order valence-corrected chi connectivity index (χ4v) is 3.18. The van der Waals surface area contributed by atoms with E-state index in [2.05, 4.69) is 16.8 Å². The van der Waals surface area contributed by atoms with Crippen LogP contribution in [0.2, 0.25) is 0 Å². The van der Waals surface area contributed by atoms with E-state index in [4.69, 9.17) is 0 Å². The number of aliphatic hydroxyl groups is 1. The van der Waals surface area contributed by atoms with Crippen LogP contribution >= 0.6 is 0 Å². The molecule has 0 aromatic carbocycles. The average Bonchev–Trinajstić information content (AvgIpc) is 2.79. The van der Waals surface area contributed by atoms with Crippen molar-refractivity contribution in [2.45, 2.75) is 39.5 Å². The summed E-state index contributed by atoms with van der Waals surface area (Å²) in [4.78, 5) is 14.4. The zero-order chi connectivity index (χ0) is 15.5. The van der Waals surface area contributed by atoms with Gasteiger partial charge in [-0.3, -0.25) is 9.89 Å². The Morgan fingerprint density at radius 1 is 1.57 bits per heavy atom. The Morgan fingerprint density at radius 2 is 2.33 bits per heavy atom. The molecule has 21 heavy (non-hydrogen) atoms. The number of aromatic nitrogens is 2. The molecule has 0 aliphatic carbocycles. The second-order valence-electron chi connectivity index (χ2n) is 6.16. The molecule has 2 N–H and O–H groups in total. The zero-order valence-electron chi connectivity index (χ0n) is 13.0. The topological polar surface area (TPSA) is 69.2 Å². The van der Waals surface area contributed by atoms with Crippen LogP contribution in [-0.4, -0.2) is 45.8 Å². The molecule has 1 aromatic heterocycles. The lowest BCUT2D eigenvalue weighted by molar-refractivity contribution is -0.134. The van der Waals surface area contributed by atoms with Gasteiger partial charge in [-0.1, -0.05) is 6.08 Å². The highest BCUT2D eigenvalue weighted by Crippen LogP contribution is 2.33. The number of carbonyl (C=O) groups excluding carboxylic acids is 1. The minimum absolute atomic E-state index is 0.104. The molecule has 2 rings (SSSR count). The number of hydrogen-bond acceptors (Lipinski definition) is 3. The van der Waals surface area contributed by atoms with Crippen molar-refractivity contribution >= 4 is 5.91 Å². The van der Waals surface area contributed by atoms with Crippen LogP contribution in [0.1, 0.15) is 36.2 Å². The molecule has 0 bridgehead atoms. The van der Waals surface area contributed by atoms with E-state index in [-0.39, 0.29) is 17.9 Å². The van der Waals surface area contributed by atoms with Crippen molar-refractivity contribution in [2.75, 3.05) is 19.7 Å². The van der Waals surface area contributed by atoms with E-state index in [1.807, 2.05) is 24.8 Å². The Hall–Kier alpha value is -1.62. The highest BCUT2D eigenvalue weighted by molar-refractivity contribution is 5.79. The number of aryl methyl sites for hydroxylation is 2. The smallest absolute Gasteiger partial charge is 0.227 e. The molecule has 1 fully saturated rings. The number of rotatable bonds is 5. The molecule has 1 amide bonds. The summed E-state index contributed by atoms with van der Waals surface area (Å²) in [5.74, 6) is 0.115. The Morgan fingerprint density at radius 3 is 2.90 bits per heavy atom. The lowest BCUT2D eigenvalue weighted by Gasteiger charge is -2.41. The third-order valence-corrected chi connectivity index (χ3v) is 4.54. The molecular formula is C16H25N3O2.